The first-order valence-electron chi connectivity index (χ1n) is 5.72. The Kier molecular flexibility index (Phi) is 3.51. The third-order valence-electron chi connectivity index (χ3n) is 2.88. The molecule has 4 nitrogen and oxygen atoms in total. The zero-order chi connectivity index (χ0) is 13.3. The number of hydrogen-bond donors (Lipinski definition) is 0. The van der Waals surface area contributed by atoms with Crippen molar-refractivity contribution >= 4 is 11.9 Å². The molecule has 1 aliphatic rings. The molecular formula is C13H19NO3. The number of terminal acetylenes is 1. The number of ether oxygens (including phenoxy) is 1. The third kappa shape index (κ3) is 2.79. The number of carbonyl (C=O) groups excluding carboxylic acids is 2. The van der Waals surface area contributed by atoms with Crippen LogP contribution in [0.15, 0.2) is 0 Å². The minimum atomic E-state index is -0.906. The van der Waals surface area contributed by atoms with Gasteiger partial charge in [0.05, 0.1) is 0 Å². The molecule has 1 rings (SSSR count). The van der Waals surface area contributed by atoms with Crippen LogP contribution in [0.3, 0.4) is 0 Å². The van der Waals surface area contributed by atoms with E-state index in [0.717, 1.165) is 6.42 Å². The van der Waals surface area contributed by atoms with E-state index < -0.39 is 17.2 Å². The highest BCUT2D eigenvalue weighted by atomic mass is 16.6. The van der Waals surface area contributed by atoms with E-state index in [2.05, 4.69) is 5.92 Å². The summed E-state index contributed by atoms with van der Waals surface area (Å²) in [6.45, 7) is 7.59. The van der Waals surface area contributed by atoms with Gasteiger partial charge in [0.2, 0.25) is 5.78 Å². The van der Waals surface area contributed by atoms with Gasteiger partial charge in [0.25, 0.3) is 0 Å². The fraction of sp³-hybridized carbons (Fsp3) is 0.692. The Morgan fingerprint density at radius 3 is 2.47 bits per heavy atom. The van der Waals surface area contributed by atoms with Crippen molar-refractivity contribution in [3.05, 3.63) is 0 Å². The first kappa shape index (κ1) is 13.6. The van der Waals surface area contributed by atoms with Crippen LogP contribution < -0.4 is 0 Å². The van der Waals surface area contributed by atoms with E-state index in [4.69, 9.17) is 11.2 Å². The highest BCUT2D eigenvalue weighted by Gasteiger charge is 2.46. The van der Waals surface area contributed by atoms with Crippen molar-refractivity contribution in [3.63, 3.8) is 0 Å². The molecule has 4 heteroatoms. The molecule has 0 radical (unpaired) electrons. The average Bonchev–Trinajstić information content (AvgIpc) is 2.58. The maximum absolute atomic E-state index is 12.0. The normalized spacial score (nSPS) is 24.3. The van der Waals surface area contributed by atoms with Crippen LogP contribution in [0.4, 0.5) is 4.79 Å². The molecule has 94 valence electrons. The summed E-state index contributed by atoms with van der Waals surface area (Å²) in [7, 11) is 0. The fourth-order valence-electron chi connectivity index (χ4n) is 1.96. The van der Waals surface area contributed by atoms with Gasteiger partial charge < -0.3 is 4.74 Å². The number of Topliss-reactive ketones (excluding diaryl/α,β-unsaturated/α-hetero) is 1. The Balaban J connectivity index is 2.87. The second-order valence-corrected chi connectivity index (χ2v) is 5.48. The van der Waals surface area contributed by atoms with Crippen molar-refractivity contribution < 1.29 is 14.3 Å². The number of ketones is 1. The lowest BCUT2D eigenvalue weighted by Crippen LogP contribution is -2.51. The van der Waals surface area contributed by atoms with Crippen LogP contribution in [0.1, 0.15) is 40.5 Å². The summed E-state index contributed by atoms with van der Waals surface area (Å²) in [5.41, 5.74) is -1.48. The molecule has 0 spiro atoms. The standard InChI is InChI=1S/C13H19NO3/c1-6-10(15)13(5)8-7-9-14(13)11(16)17-12(2,3)4/h1H,7-9H2,2-5H3/t13-/m0/s1. The first-order valence-corrected chi connectivity index (χ1v) is 5.72. The number of amides is 1. The van der Waals surface area contributed by atoms with Gasteiger partial charge >= 0.3 is 6.09 Å². The summed E-state index contributed by atoms with van der Waals surface area (Å²) in [5.74, 6) is 1.75. The number of rotatable bonds is 1. The van der Waals surface area contributed by atoms with Gasteiger partial charge in [-0.3, -0.25) is 9.69 Å². The van der Waals surface area contributed by atoms with Gasteiger partial charge in [0.1, 0.15) is 11.1 Å². The van der Waals surface area contributed by atoms with Crippen LogP contribution >= 0.6 is 0 Å². The smallest absolute Gasteiger partial charge is 0.411 e. The molecule has 1 amide bonds. The SMILES string of the molecule is C#CC(=O)[C@]1(C)CCCN1C(=O)OC(C)(C)C. The Morgan fingerprint density at radius 1 is 1.41 bits per heavy atom. The molecule has 0 aliphatic carbocycles. The van der Waals surface area contributed by atoms with Gasteiger partial charge in [-0.05, 0) is 46.5 Å². The van der Waals surface area contributed by atoms with Gasteiger partial charge in [-0.15, -0.1) is 6.42 Å². The molecule has 0 aromatic rings. The Morgan fingerprint density at radius 2 is 2.00 bits per heavy atom. The predicted octanol–water partition coefficient (Wildman–Crippen LogP) is 1.98. The minimum absolute atomic E-state index is 0.360. The summed E-state index contributed by atoms with van der Waals surface area (Å²) in [6, 6.07) is 0. The molecule has 1 atom stereocenters. The molecule has 0 aromatic carbocycles. The number of hydrogen-bond acceptors (Lipinski definition) is 3. The molecule has 1 heterocycles. The fourth-order valence-corrected chi connectivity index (χ4v) is 1.96. The van der Waals surface area contributed by atoms with Crippen LogP contribution in [-0.4, -0.2) is 34.5 Å². The Hall–Kier alpha value is -1.50. The van der Waals surface area contributed by atoms with Gasteiger partial charge in [-0.2, -0.15) is 0 Å². The quantitative estimate of drug-likeness (QED) is 0.517. The second-order valence-electron chi connectivity index (χ2n) is 5.48. The molecule has 17 heavy (non-hydrogen) atoms. The topological polar surface area (TPSA) is 46.6 Å². The van der Waals surface area contributed by atoms with E-state index in [1.165, 1.54) is 4.90 Å². The molecule has 0 N–H and O–H groups in total. The monoisotopic (exact) mass is 237 g/mol. The van der Waals surface area contributed by atoms with E-state index in [1.807, 2.05) is 0 Å². The van der Waals surface area contributed by atoms with E-state index in [-0.39, 0.29) is 5.78 Å². The van der Waals surface area contributed by atoms with E-state index >= 15 is 0 Å². The first-order chi connectivity index (χ1) is 7.70. The van der Waals surface area contributed by atoms with Gasteiger partial charge in [0.15, 0.2) is 0 Å². The van der Waals surface area contributed by atoms with Crippen molar-refractivity contribution in [1.29, 1.82) is 0 Å². The van der Waals surface area contributed by atoms with Gasteiger partial charge in [-0.1, -0.05) is 0 Å². The average molecular weight is 237 g/mol. The van der Waals surface area contributed by atoms with E-state index in [1.54, 1.807) is 27.7 Å². The molecule has 0 unspecified atom stereocenters. The molecule has 0 aromatic heterocycles. The number of carbonyl (C=O) groups is 2. The second kappa shape index (κ2) is 4.40. The summed E-state index contributed by atoms with van der Waals surface area (Å²) < 4.78 is 5.28. The summed E-state index contributed by atoms with van der Waals surface area (Å²) >= 11 is 0. The van der Waals surface area contributed by atoms with Gasteiger partial charge in [0, 0.05) is 6.54 Å². The maximum Gasteiger partial charge on any atom is 0.411 e. The van der Waals surface area contributed by atoms with Crippen LogP contribution in [-0.2, 0) is 9.53 Å². The summed E-state index contributed by atoms with van der Waals surface area (Å²) in [6.07, 6.45) is 6.04. The summed E-state index contributed by atoms with van der Waals surface area (Å²) in [5, 5.41) is 0. The largest absolute Gasteiger partial charge is 0.444 e. The molecule has 0 bridgehead atoms. The molecule has 1 aliphatic heterocycles. The lowest BCUT2D eigenvalue weighted by molar-refractivity contribution is -0.122. The van der Waals surface area contributed by atoms with Crippen LogP contribution in [0.25, 0.3) is 0 Å². The van der Waals surface area contributed by atoms with Crippen LogP contribution in [0.2, 0.25) is 0 Å². The molecular weight excluding hydrogens is 218 g/mol. The van der Waals surface area contributed by atoms with E-state index in [9.17, 15) is 9.59 Å². The third-order valence-corrected chi connectivity index (χ3v) is 2.88. The highest BCUT2D eigenvalue weighted by Crippen LogP contribution is 2.31. The van der Waals surface area contributed by atoms with Crippen LogP contribution in [0, 0.1) is 12.3 Å². The maximum atomic E-state index is 12.0. The Labute approximate surface area is 102 Å². The van der Waals surface area contributed by atoms with Crippen molar-refractivity contribution in [2.45, 2.75) is 51.7 Å². The zero-order valence-corrected chi connectivity index (χ0v) is 10.9. The van der Waals surface area contributed by atoms with Crippen LogP contribution in [0.5, 0.6) is 0 Å². The minimum Gasteiger partial charge on any atom is -0.444 e. The number of nitrogens with zero attached hydrogens (tertiary/aromatic N) is 1. The summed E-state index contributed by atoms with van der Waals surface area (Å²) in [4.78, 5) is 25.2. The number of likely N-dealkylation sites (tertiary alicyclic amines) is 1. The Bertz CT molecular complexity index is 375. The lowest BCUT2D eigenvalue weighted by Gasteiger charge is -2.33. The molecule has 0 saturated carbocycles. The van der Waals surface area contributed by atoms with Crippen molar-refractivity contribution in [3.8, 4) is 12.3 Å². The molecule has 1 fully saturated rings. The lowest BCUT2D eigenvalue weighted by atomic mass is 9.94. The van der Waals surface area contributed by atoms with Crippen molar-refractivity contribution in [1.82, 2.24) is 4.90 Å². The highest BCUT2D eigenvalue weighted by molar-refractivity contribution is 6.04. The predicted molar refractivity (Wildman–Crippen MR) is 64.4 cm³/mol. The van der Waals surface area contributed by atoms with E-state index in [0.29, 0.717) is 13.0 Å². The molecule has 1 saturated heterocycles. The van der Waals surface area contributed by atoms with Crippen molar-refractivity contribution in [2.75, 3.05) is 6.54 Å². The van der Waals surface area contributed by atoms with Crippen molar-refractivity contribution in [2.24, 2.45) is 0 Å². The van der Waals surface area contributed by atoms with Gasteiger partial charge in [-0.25, -0.2) is 4.79 Å². The zero-order valence-electron chi connectivity index (χ0n) is 10.9.